The van der Waals surface area contributed by atoms with Gasteiger partial charge in [-0.2, -0.15) is 8.42 Å². The van der Waals surface area contributed by atoms with Crippen LogP contribution >= 0.6 is 0 Å². The molecule has 0 amide bonds. The molecule has 1 saturated heterocycles. The minimum Gasteiger partial charge on any atom is -0.457 e. The Bertz CT molecular complexity index is 1340. The maximum Gasteiger partial charge on any atom is 0.397 e. The van der Waals surface area contributed by atoms with Gasteiger partial charge in [0.15, 0.2) is 6.29 Å². The van der Waals surface area contributed by atoms with Crippen molar-refractivity contribution in [2.45, 2.75) is 288 Å². The Labute approximate surface area is 422 Å². The highest BCUT2D eigenvalue weighted by Crippen LogP contribution is 2.26. The summed E-state index contributed by atoms with van der Waals surface area (Å²) >= 11 is 0. The summed E-state index contributed by atoms with van der Waals surface area (Å²) in [6, 6.07) is 0. The summed E-state index contributed by atoms with van der Waals surface area (Å²) in [5, 5.41) is 30.8. The highest BCUT2D eigenvalue weighted by molar-refractivity contribution is 7.80. The number of ether oxygens (including phenoxy) is 4. The average molecular weight is 1000 g/mol. The molecule has 69 heavy (non-hydrogen) atoms. The lowest BCUT2D eigenvalue weighted by Gasteiger charge is -2.41. The van der Waals surface area contributed by atoms with Crippen molar-refractivity contribution in [3.05, 3.63) is 36.5 Å². The van der Waals surface area contributed by atoms with Crippen LogP contribution in [-0.2, 0) is 38.3 Å². The fourth-order valence-corrected chi connectivity index (χ4v) is 9.25. The standard InChI is InChI=1S/C56H104O12S/c1-3-5-7-9-11-13-15-17-19-21-23-25-27-29-31-33-35-37-39-41-43-45-52(58)66-50(49-65-56-54(60)55(68-69(61,62)63)53(59)51(47-57)67-56)48-64-46-44-42-40-38-36-34-32-30-28-26-24-22-20-18-16-14-12-10-8-6-4-2/h15,17,21,23,27,29,50-51,53-57,59-60H,3-14,16,18-20,22,24-26,28,30-49H2,1-2H3,(H,61,62,63)/b17-15-,23-21-,29-27-. The van der Waals surface area contributed by atoms with E-state index in [0.29, 0.717) is 13.0 Å². The van der Waals surface area contributed by atoms with E-state index in [9.17, 15) is 33.1 Å². The summed E-state index contributed by atoms with van der Waals surface area (Å²) < 4.78 is 59.4. The number of aliphatic hydroxyl groups is 3. The number of rotatable bonds is 50. The Morgan fingerprint density at radius 2 is 0.957 bits per heavy atom. The monoisotopic (exact) mass is 1000 g/mol. The molecule has 406 valence electrons. The van der Waals surface area contributed by atoms with Gasteiger partial charge in [0.25, 0.3) is 0 Å². The van der Waals surface area contributed by atoms with Gasteiger partial charge in [-0.05, 0) is 51.4 Å². The van der Waals surface area contributed by atoms with E-state index in [1.807, 2.05) is 0 Å². The third-order valence-electron chi connectivity index (χ3n) is 13.0. The molecule has 1 heterocycles. The van der Waals surface area contributed by atoms with E-state index in [1.165, 1.54) is 154 Å². The molecule has 0 radical (unpaired) electrons. The van der Waals surface area contributed by atoms with E-state index >= 15 is 0 Å². The van der Waals surface area contributed by atoms with Crippen molar-refractivity contribution < 1.29 is 56.2 Å². The Morgan fingerprint density at radius 1 is 0.551 bits per heavy atom. The molecule has 0 aromatic heterocycles. The van der Waals surface area contributed by atoms with Crippen LogP contribution in [0.15, 0.2) is 36.5 Å². The number of esters is 1. The van der Waals surface area contributed by atoms with E-state index in [2.05, 4.69) is 54.5 Å². The highest BCUT2D eigenvalue weighted by Gasteiger charge is 2.48. The second-order valence-electron chi connectivity index (χ2n) is 19.5. The predicted octanol–water partition coefficient (Wildman–Crippen LogP) is 13.7. The van der Waals surface area contributed by atoms with Crippen molar-refractivity contribution in [1.29, 1.82) is 0 Å². The van der Waals surface area contributed by atoms with Crippen LogP contribution in [-0.4, -0.2) is 97.5 Å². The van der Waals surface area contributed by atoms with E-state index in [0.717, 1.165) is 70.6 Å². The molecular weight excluding hydrogens is 897 g/mol. The molecule has 13 heteroatoms. The van der Waals surface area contributed by atoms with Crippen LogP contribution in [0.1, 0.15) is 251 Å². The average Bonchev–Trinajstić information content (AvgIpc) is 3.32. The van der Waals surface area contributed by atoms with Crippen LogP contribution in [0.25, 0.3) is 0 Å². The first-order chi connectivity index (χ1) is 33.6. The van der Waals surface area contributed by atoms with E-state index in [4.69, 9.17) is 18.9 Å². The summed E-state index contributed by atoms with van der Waals surface area (Å²) in [6.45, 7) is 4.01. The van der Waals surface area contributed by atoms with Crippen molar-refractivity contribution in [1.82, 2.24) is 0 Å². The van der Waals surface area contributed by atoms with E-state index in [1.54, 1.807) is 0 Å². The molecule has 0 bridgehead atoms. The predicted molar refractivity (Wildman–Crippen MR) is 280 cm³/mol. The summed E-state index contributed by atoms with van der Waals surface area (Å²) in [6.07, 6.45) is 48.9. The number of hydrogen-bond acceptors (Lipinski definition) is 11. The van der Waals surface area contributed by atoms with Crippen molar-refractivity contribution >= 4 is 16.4 Å². The molecule has 12 nitrogen and oxygen atoms in total. The zero-order valence-electron chi connectivity index (χ0n) is 43.9. The Balaban J connectivity index is 2.32. The molecule has 0 aromatic rings. The van der Waals surface area contributed by atoms with Gasteiger partial charge >= 0.3 is 16.4 Å². The first kappa shape index (κ1) is 65.3. The lowest BCUT2D eigenvalue weighted by molar-refractivity contribution is -0.301. The molecule has 1 fully saturated rings. The normalized spacial score (nSPS) is 19.4. The molecule has 0 saturated carbocycles. The van der Waals surface area contributed by atoms with Crippen molar-refractivity contribution in [3.63, 3.8) is 0 Å². The Hall–Kier alpha value is -1.68. The molecule has 1 rings (SSSR count). The molecule has 6 atom stereocenters. The maximum atomic E-state index is 12.9. The SMILES string of the molecule is CCCCCCC/C=C\C/C=C\C/C=C\CCCCCCCCC(=O)OC(COCCCCCCCCCCCCCCCCCCCCCCC)COC1OC(CO)C(O)C(OS(=O)(=O)O)C1O. The summed E-state index contributed by atoms with van der Waals surface area (Å²) in [4.78, 5) is 12.9. The molecule has 0 aromatic carbocycles. The number of carbonyl (C=O) groups excluding carboxylic acids is 1. The van der Waals surface area contributed by atoms with Gasteiger partial charge in [-0.3, -0.25) is 9.35 Å². The quantitative estimate of drug-likeness (QED) is 0.0196. The summed E-state index contributed by atoms with van der Waals surface area (Å²) in [7, 11) is -5.07. The van der Waals surface area contributed by atoms with Gasteiger partial charge in [-0.25, -0.2) is 4.18 Å². The molecule has 1 aliphatic rings. The van der Waals surface area contributed by atoms with Gasteiger partial charge in [-0.15, -0.1) is 0 Å². The second-order valence-corrected chi connectivity index (χ2v) is 20.6. The van der Waals surface area contributed by atoms with E-state index in [-0.39, 0.29) is 19.6 Å². The number of aliphatic hydroxyl groups excluding tert-OH is 3. The van der Waals surface area contributed by atoms with Crippen molar-refractivity contribution in [2.75, 3.05) is 26.4 Å². The lowest BCUT2D eigenvalue weighted by atomic mass is 9.99. The Kier molecular flexibility index (Phi) is 44.8. The third kappa shape index (κ3) is 40.5. The lowest BCUT2D eigenvalue weighted by Crippen LogP contribution is -2.60. The van der Waals surface area contributed by atoms with Gasteiger partial charge in [0.1, 0.15) is 30.5 Å². The van der Waals surface area contributed by atoms with Crippen LogP contribution in [0, 0.1) is 0 Å². The highest BCUT2D eigenvalue weighted by atomic mass is 32.3. The number of carbonyl (C=O) groups is 1. The van der Waals surface area contributed by atoms with E-state index < -0.39 is 59.8 Å². The van der Waals surface area contributed by atoms with Crippen molar-refractivity contribution in [3.8, 4) is 0 Å². The topological polar surface area (TPSA) is 178 Å². The molecular formula is C56H104O12S. The number of hydrogen-bond donors (Lipinski definition) is 4. The number of unbranched alkanes of at least 4 members (excludes halogenated alkanes) is 31. The fraction of sp³-hybridized carbons (Fsp3) is 0.875. The second kappa shape index (κ2) is 47.3. The number of allylic oxidation sites excluding steroid dienone is 6. The van der Waals surface area contributed by atoms with Gasteiger partial charge in [0, 0.05) is 13.0 Å². The molecule has 1 aliphatic heterocycles. The van der Waals surface area contributed by atoms with Crippen LogP contribution in [0.4, 0.5) is 0 Å². The summed E-state index contributed by atoms with van der Waals surface area (Å²) in [5.74, 6) is -0.407. The molecule has 6 unspecified atom stereocenters. The van der Waals surface area contributed by atoms with Crippen LogP contribution in [0.2, 0.25) is 0 Å². The molecule has 4 N–H and O–H groups in total. The first-order valence-corrected chi connectivity index (χ1v) is 29.6. The maximum absolute atomic E-state index is 12.9. The minimum absolute atomic E-state index is 0.0339. The van der Waals surface area contributed by atoms with Crippen LogP contribution in [0.5, 0.6) is 0 Å². The largest absolute Gasteiger partial charge is 0.457 e. The van der Waals surface area contributed by atoms with Crippen LogP contribution in [0.3, 0.4) is 0 Å². The van der Waals surface area contributed by atoms with Gasteiger partial charge < -0.3 is 34.3 Å². The smallest absolute Gasteiger partial charge is 0.397 e. The molecule has 0 spiro atoms. The molecule has 0 aliphatic carbocycles. The van der Waals surface area contributed by atoms with Crippen LogP contribution < -0.4 is 0 Å². The zero-order valence-corrected chi connectivity index (χ0v) is 44.7. The van der Waals surface area contributed by atoms with Gasteiger partial charge in [0.05, 0.1) is 19.8 Å². The van der Waals surface area contributed by atoms with Gasteiger partial charge in [-0.1, -0.05) is 230 Å². The van der Waals surface area contributed by atoms with Crippen molar-refractivity contribution in [2.24, 2.45) is 0 Å². The minimum atomic E-state index is -5.07. The van der Waals surface area contributed by atoms with Gasteiger partial charge in [0.2, 0.25) is 0 Å². The zero-order chi connectivity index (χ0) is 50.3. The first-order valence-electron chi connectivity index (χ1n) is 28.2. The fourth-order valence-electron chi connectivity index (χ4n) is 8.74. The Morgan fingerprint density at radius 3 is 1.39 bits per heavy atom. The summed E-state index contributed by atoms with van der Waals surface area (Å²) in [5.41, 5.74) is 0. The third-order valence-corrected chi connectivity index (χ3v) is 13.5.